The molecule has 5 heteroatoms. The molecule has 2 amide bonds. The quantitative estimate of drug-likeness (QED) is 0.767. The molecule has 2 rings (SSSR count). The van der Waals surface area contributed by atoms with Crippen LogP contribution in [0.5, 0.6) is 0 Å². The lowest BCUT2D eigenvalue weighted by molar-refractivity contribution is -0.123. The molecule has 1 aliphatic heterocycles. The molecular formula is C11H9ClN2O2. The fraction of sp³-hybridized carbons (Fsp3) is 0.0909. The number of imide groups is 1. The van der Waals surface area contributed by atoms with Crippen molar-refractivity contribution < 1.29 is 9.59 Å². The Balaban J connectivity index is 2.21. The van der Waals surface area contributed by atoms with Crippen molar-refractivity contribution in [3.8, 4) is 0 Å². The maximum atomic E-state index is 11.3. The van der Waals surface area contributed by atoms with Crippen LogP contribution in [0.1, 0.15) is 5.56 Å². The maximum absolute atomic E-state index is 11.3. The molecule has 1 aromatic rings. The Bertz CT molecular complexity index is 509. The van der Waals surface area contributed by atoms with Crippen molar-refractivity contribution in [2.75, 3.05) is 5.32 Å². The molecule has 0 saturated carbocycles. The molecule has 2 N–H and O–H groups in total. The van der Waals surface area contributed by atoms with E-state index in [4.69, 9.17) is 11.6 Å². The fourth-order valence-corrected chi connectivity index (χ4v) is 1.50. The van der Waals surface area contributed by atoms with Crippen LogP contribution in [0.2, 0.25) is 5.02 Å². The third-order valence-corrected chi connectivity index (χ3v) is 2.62. The van der Waals surface area contributed by atoms with Crippen LogP contribution in [0.15, 0.2) is 30.0 Å². The molecule has 0 radical (unpaired) electrons. The lowest BCUT2D eigenvalue weighted by Gasteiger charge is -2.06. The summed E-state index contributed by atoms with van der Waals surface area (Å²) in [6, 6.07) is 5.28. The molecular weight excluding hydrogens is 228 g/mol. The van der Waals surface area contributed by atoms with Gasteiger partial charge >= 0.3 is 0 Å². The molecule has 0 saturated heterocycles. The van der Waals surface area contributed by atoms with Gasteiger partial charge in [0.25, 0.3) is 11.8 Å². The molecule has 0 atom stereocenters. The van der Waals surface area contributed by atoms with Crippen LogP contribution in [0.3, 0.4) is 0 Å². The first kappa shape index (κ1) is 10.7. The molecule has 1 aromatic carbocycles. The second-order valence-electron chi connectivity index (χ2n) is 3.47. The van der Waals surface area contributed by atoms with Crippen molar-refractivity contribution >= 4 is 29.1 Å². The number of aryl methyl sites for hydroxylation is 1. The van der Waals surface area contributed by atoms with Gasteiger partial charge in [-0.2, -0.15) is 0 Å². The Labute approximate surface area is 97.3 Å². The SMILES string of the molecule is Cc1cc(NC2=CC(=O)NC2=O)ccc1Cl. The van der Waals surface area contributed by atoms with Gasteiger partial charge in [-0.25, -0.2) is 0 Å². The van der Waals surface area contributed by atoms with Crippen molar-refractivity contribution in [1.82, 2.24) is 5.32 Å². The lowest BCUT2D eigenvalue weighted by atomic mass is 10.2. The lowest BCUT2D eigenvalue weighted by Crippen LogP contribution is -2.24. The second-order valence-corrected chi connectivity index (χ2v) is 3.87. The Morgan fingerprint density at radius 1 is 1.31 bits per heavy atom. The minimum absolute atomic E-state index is 0.242. The van der Waals surface area contributed by atoms with E-state index in [1.54, 1.807) is 18.2 Å². The first-order chi connectivity index (χ1) is 7.56. The van der Waals surface area contributed by atoms with E-state index >= 15 is 0 Å². The summed E-state index contributed by atoms with van der Waals surface area (Å²) in [5.74, 6) is -0.823. The Morgan fingerprint density at radius 3 is 2.62 bits per heavy atom. The number of amides is 2. The normalized spacial score (nSPS) is 14.8. The zero-order valence-corrected chi connectivity index (χ0v) is 9.26. The first-order valence-electron chi connectivity index (χ1n) is 4.66. The van der Waals surface area contributed by atoms with Gasteiger partial charge < -0.3 is 5.32 Å². The summed E-state index contributed by atoms with van der Waals surface area (Å²) in [6.45, 7) is 1.86. The van der Waals surface area contributed by atoms with Gasteiger partial charge in [0.2, 0.25) is 0 Å². The van der Waals surface area contributed by atoms with E-state index in [1.807, 2.05) is 6.92 Å². The van der Waals surface area contributed by atoms with Gasteiger partial charge in [0.15, 0.2) is 0 Å². The highest BCUT2D eigenvalue weighted by atomic mass is 35.5. The molecule has 0 aliphatic carbocycles. The molecule has 0 bridgehead atoms. The summed E-state index contributed by atoms with van der Waals surface area (Å²) >= 11 is 5.87. The largest absolute Gasteiger partial charge is 0.351 e. The number of carbonyl (C=O) groups is 2. The van der Waals surface area contributed by atoms with Crippen LogP contribution in [-0.4, -0.2) is 11.8 Å². The number of rotatable bonds is 2. The second kappa shape index (κ2) is 3.98. The summed E-state index contributed by atoms with van der Waals surface area (Å²) in [5.41, 5.74) is 1.86. The number of hydrogen-bond donors (Lipinski definition) is 2. The van der Waals surface area contributed by atoms with E-state index in [1.165, 1.54) is 6.08 Å². The molecule has 1 heterocycles. The molecule has 0 aromatic heterocycles. The monoisotopic (exact) mass is 236 g/mol. The minimum atomic E-state index is -0.419. The van der Waals surface area contributed by atoms with Crippen LogP contribution >= 0.6 is 11.6 Å². The van der Waals surface area contributed by atoms with Crippen LogP contribution in [0, 0.1) is 6.92 Å². The number of benzene rings is 1. The Hall–Kier alpha value is -1.81. The van der Waals surface area contributed by atoms with Gasteiger partial charge in [-0.1, -0.05) is 11.6 Å². The van der Waals surface area contributed by atoms with E-state index in [0.717, 1.165) is 11.3 Å². The Morgan fingerprint density at radius 2 is 2.06 bits per heavy atom. The third kappa shape index (κ3) is 2.06. The number of halogens is 1. The van der Waals surface area contributed by atoms with Crippen LogP contribution < -0.4 is 10.6 Å². The smallest absolute Gasteiger partial charge is 0.274 e. The molecule has 1 aliphatic rings. The average molecular weight is 237 g/mol. The molecule has 0 spiro atoms. The van der Waals surface area contributed by atoms with Crippen molar-refractivity contribution in [3.63, 3.8) is 0 Å². The summed E-state index contributed by atoms with van der Waals surface area (Å²) < 4.78 is 0. The van der Waals surface area contributed by atoms with Crippen molar-refractivity contribution in [2.45, 2.75) is 6.92 Å². The van der Waals surface area contributed by atoms with E-state index in [0.29, 0.717) is 5.02 Å². The van der Waals surface area contributed by atoms with Gasteiger partial charge in [-0.05, 0) is 30.7 Å². The van der Waals surface area contributed by atoms with E-state index in [-0.39, 0.29) is 5.70 Å². The molecule has 0 fully saturated rings. The molecule has 4 nitrogen and oxygen atoms in total. The maximum Gasteiger partial charge on any atom is 0.274 e. The molecule has 16 heavy (non-hydrogen) atoms. The number of hydrogen-bond acceptors (Lipinski definition) is 3. The first-order valence-corrected chi connectivity index (χ1v) is 5.04. The predicted octanol–water partition coefficient (Wildman–Crippen LogP) is 1.60. The number of anilines is 1. The number of carbonyl (C=O) groups excluding carboxylic acids is 2. The third-order valence-electron chi connectivity index (χ3n) is 2.19. The van der Waals surface area contributed by atoms with Crippen molar-refractivity contribution in [3.05, 3.63) is 40.6 Å². The van der Waals surface area contributed by atoms with Crippen molar-refractivity contribution in [1.29, 1.82) is 0 Å². The summed E-state index contributed by atoms with van der Waals surface area (Å²) in [4.78, 5) is 22.2. The zero-order valence-electron chi connectivity index (χ0n) is 8.50. The summed E-state index contributed by atoms with van der Waals surface area (Å²) in [6.07, 6.45) is 1.23. The van der Waals surface area contributed by atoms with Crippen LogP contribution in [-0.2, 0) is 9.59 Å². The van der Waals surface area contributed by atoms with Gasteiger partial charge in [-0.3, -0.25) is 14.9 Å². The standard InChI is InChI=1S/C11H9ClN2O2/c1-6-4-7(2-3-8(6)12)13-9-5-10(15)14-11(9)16/h2-5H,1H3,(H2,13,14,15,16). The Kier molecular flexibility index (Phi) is 2.66. The van der Waals surface area contributed by atoms with Crippen molar-refractivity contribution in [2.24, 2.45) is 0 Å². The van der Waals surface area contributed by atoms with Gasteiger partial charge in [0, 0.05) is 16.8 Å². The topological polar surface area (TPSA) is 58.2 Å². The van der Waals surface area contributed by atoms with Gasteiger partial charge in [0.05, 0.1) is 0 Å². The summed E-state index contributed by atoms with van der Waals surface area (Å²) in [7, 11) is 0. The predicted molar refractivity (Wildman–Crippen MR) is 61.0 cm³/mol. The summed E-state index contributed by atoms with van der Waals surface area (Å²) in [5, 5.41) is 5.67. The molecule has 0 unspecified atom stereocenters. The van der Waals surface area contributed by atoms with E-state index < -0.39 is 11.8 Å². The van der Waals surface area contributed by atoms with Crippen LogP contribution in [0.4, 0.5) is 5.69 Å². The number of nitrogens with one attached hydrogen (secondary N) is 2. The average Bonchev–Trinajstić information content (AvgIpc) is 2.51. The molecule has 82 valence electrons. The minimum Gasteiger partial charge on any atom is -0.351 e. The van der Waals surface area contributed by atoms with Gasteiger partial charge in [-0.15, -0.1) is 0 Å². The van der Waals surface area contributed by atoms with E-state index in [2.05, 4.69) is 10.6 Å². The van der Waals surface area contributed by atoms with Crippen LogP contribution in [0.25, 0.3) is 0 Å². The highest BCUT2D eigenvalue weighted by molar-refractivity contribution is 6.31. The highest BCUT2D eigenvalue weighted by Crippen LogP contribution is 2.20. The van der Waals surface area contributed by atoms with E-state index in [9.17, 15) is 9.59 Å². The fourth-order valence-electron chi connectivity index (χ4n) is 1.38. The highest BCUT2D eigenvalue weighted by Gasteiger charge is 2.20. The van der Waals surface area contributed by atoms with Gasteiger partial charge in [0.1, 0.15) is 5.70 Å². The zero-order chi connectivity index (χ0) is 11.7.